The van der Waals surface area contributed by atoms with Crippen LogP contribution >= 0.6 is 0 Å². The molecular weight excluding hydrogens is 390 g/mol. The first-order chi connectivity index (χ1) is 14.7. The smallest absolute Gasteiger partial charge is 0.307 e. The molecule has 0 aliphatic carbocycles. The Balaban J connectivity index is 1.54. The summed E-state index contributed by atoms with van der Waals surface area (Å²) in [6.07, 6.45) is 0.396. The highest BCUT2D eigenvalue weighted by molar-refractivity contribution is 5.70. The predicted octanol–water partition coefficient (Wildman–Crippen LogP) is 4.99. The molecule has 0 saturated carbocycles. The van der Waals surface area contributed by atoms with Gasteiger partial charge in [0.25, 0.3) is 0 Å². The molecule has 0 bridgehead atoms. The minimum absolute atomic E-state index is 0.00166. The molecule has 1 atom stereocenters. The Hall–Kier alpha value is -2.37. The van der Waals surface area contributed by atoms with E-state index in [4.69, 9.17) is 14.2 Å². The van der Waals surface area contributed by atoms with Crippen molar-refractivity contribution < 1.29 is 19.0 Å². The fraction of sp³-hybridized carbons (Fsp3) is 0.500. The van der Waals surface area contributed by atoms with E-state index in [1.165, 1.54) is 11.1 Å². The Morgan fingerprint density at radius 1 is 1.16 bits per heavy atom. The fourth-order valence-corrected chi connectivity index (χ4v) is 3.80. The van der Waals surface area contributed by atoms with Gasteiger partial charge >= 0.3 is 5.97 Å². The number of nitrogens with zero attached hydrogens (tertiary/aromatic N) is 1. The second-order valence-electron chi connectivity index (χ2n) is 9.29. The van der Waals surface area contributed by atoms with E-state index < -0.39 is 5.60 Å². The van der Waals surface area contributed by atoms with Crippen LogP contribution in [-0.2, 0) is 20.9 Å². The van der Waals surface area contributed by atoms with Gasteiger partial charge in [0.15, 0.2) is 0 Å². The molecule has 0 amide bonds. The van der Waals surface area contributed by atoms with E-state index in [-0.39, 0.29) is 12.1 Å². The number of benzene rings is 2. The summed E-state index contributed by atoms with van der Waals surface area (Å²) in [6.45, 7) is 13.4. The van der Waals surface area contributed by atoms with Crippen molar-refractivity contribution >= 4 is 5.97 Å². The Labute approximate surface area is 186 Å². The number of hydrogen-bond acceptors (Lipinski definition) is 5. The molecule has 3 rings (SSSR count). The van der Waals surface area contributed by atoms with Gasteiger partial charge in [0, 0.05) is 19.6 Å². The van der Waals surface area contributed by atoms with Crippen LogP contribution in [0.5, 0.6) is 5.75 Å². The zero-order valence-corrected chi connectivity index (χ0v) is 19.4. The first-order valence-corrected chi connectivity index (χ1v) is 11.0. The highest BCUT2D eigenvalue weighted by atomic mass is 16.6. The van der Waals surface area contributed by atoms with Crippen molar-refractivity contribution in [2.45, 2.75) is 59.4 Å². The van der Waals surface area contributed by atoms with Gasteiger partial charge in [-0.15, -0.1) is 0 Å². The maximum Gasteiger partial charge on any atom is 0.307 e. The van der Waals surface area contributed by atoms with E-state index in [2.05, 4.69) is 55.1 Å². The monoisotopic (exact) mass is 425 g/mol. The lowest BCUT2D eigenvalue weighted by Crippen LogP contribution is -2.40. The van der Waals surface area contributed by atoms with Crippen molar-refractivity contribution in [2.24, 2.45) is 0 Å². The second kappa shape index (κ2) is 10.3. The molecule has 0 N–H and O–H groups in total. The third-order valence-electron chi connectivity index (χ3n) is 5.28. The van der Waals surface area contributed by atoms with Crippen molar-refractivity contribution in [1.82, 2.24) is 4.90 Å². The number of morpholine rings is 1. The number of esters is 1. The van der Waals surface area contributed by atoms with E-state index in [9.17, 15) is 4.79 Å². The number of hydrogen-bond donors (Lipinski definition) is 0. The average Bonchev–Trinajstić information content (AvgIpc) is 2.70. The maximum absolute atomic E-state index is 12.0. The van der Waals surface area contributed by atoms with Crippen molar-refractivity contribution in [3.05, 3.63) is 64.7 Å². The molecule has 168 valence electrons. The Kier molecular flexibility index (Phi) is 7.74. The predicted molar refractivity (Wildman–Crippen MR) is 122 cm³/mol. The van der Waals surface area contributed by atoms with Crippen LogP contribution in [0, 0.1) is 13.8 Å². The van der Waals surface area contributed by atoms with Crippen LogP contribution in [0.1, 0.15) is 55.5 Å². The van der Waals surface area contributed by atoms with E-state index in [0.29, 0.717) is 26.2 Å². The van der Waals surface area contributed by atoms with Crippen LogP contribution in [0.3, 0.4) is 0 Å². The molecule has 0 aromatic heterocycles. The lowest BCUT2D eigenvalue weighted by Gasteiger charge is -2.33. The third-order valence-corrected chi connectivity index (χ3v) is 5.28. The molecule has 2 aromatic carbocycles. The summed E-state index contributed by atoms with van der Waals surface area (Å²) in [5.74, 6) is 0.710. The number of rotatable bonds is 7. The van der Waals surface area contributed by atoms with Crippen molar-refractivity contribution in [1.29, 1.82) is 0 Å². The van der Waals surface area contributed by atoms with Crippen molar-refractivity contribution in [2.75, 3.05) is 26.2 Å². The van der Waals surface area contributed by atoms with Crippen molar-refractivity contribution in [3.63, 3.8) is 0 Å². The van der Waals surface area contributed by atoms with Gasteiger partial charge in [-0.05, 0) is 63.4 Å². The van der Waals surface area contributed by atoms with Gasteiger partial charge in [-0.3, -0.25) is 9.69 Å². The number of carbonyl (C=O) groups is 1. The van der Waals surface area contributed by atoms with Crippen LogP contribution in [0.25, 0.3) is 0 Å². The molecule has 1 heterocycles. The Morgan fingerprint density at radius 3 is 2.68 bits per heavy atom. The van der Waals surface area contributed by atoms with Crippen LogP contribution < -0.4 is 4.74 Å². The molecule has 1 fully saturated rings. The molecule has 0 spiro atoms. The SMILES string of the molecule is Cc1cccc(COc2ccc(C3CN(CCC(=O)OC(C)(C)C)CCO3)c(C)c2)c1. The quantitative estimate of drug-likeness (QED) is 0.585. The minimum atomic E-state index is -0.440. The zero-order valence-electron chi connectivity index (χ0n) is 19.4. The van der Waals surface area contributed by atoms with Gasteiger partial charge in [-0.1, -0.05) is 35.9 Å². The third kappa shape index (κ3) is 7.37. The topological polar surface area (TPSA) is 48.0 Å². The lowest BCUT2D eigenvalue weighted by atomic mass is 10.0. The van der Waals surface area contributed by atoms with Gasteiger partial charge in [-0.2, -0.15) is 0 Å². The van der Waals surface area contributed by atoms with Gasteiger partial charge in [-0.25, -0.2) is 0 Å². The van der Waals surface area contributed by atoms with E-state index in [1.54, 1.807) is 0 Å². The largest absolute Gasteiger partial charge is 0.489 e. The van der Waals surface area contributed by atoms with Crippen LogP contribution in [-0.4, -0.2) is 42.7 Å². The van der Waals surface area contributed by atoms with Crippen LogP contribution in [0.15, 0.2) is 42.5 Å². The van der Waals surface area contributed by atoms with Crippen LogP contribution in [0.2, 0.25) is 0 Å². The number of carbonyl (C=O) groups excluding carboxylic acids is 1. The van der Waals surface area contributed by atoms with E-state index >= 15 is 0 Å². The number of ether oxygens (including phenoxy) is 3. The fourth-order valence-electron chi connectivity index (χ4n) is 3.80. The number of aryl methyl sites for hydroxylation is 2. The van der Waals surface area contributed by atoms with Gasteiger partial charge in [0.05, 0.1) is 19.1 Å². The zero-order chi connectivity index (χ0) is 22.4. The molecule has 31 heavy (non-hydrogen) atoms. The molecule has 5 heteroatoms. The summed E-state index contributed by atoms with van der Waals surface area (Å²) in [5.41, 5.74) is 4.28. The first-order valence-electron chi connectivity index (χ1n) is 11.0. The summed E-state index contributed by atoms with van der Waals surface area (Å²) >= 11 is 0. The molecule has 0 radical (unpaired) electrons. The molecule has 5 nitrogen and oxygen atoms in total. The molecule has 1 saturated heterocycles. The van der Waals surface area contributed by atoms with Crippen molar-refractivity contribution in [3.8, 4) is 5.75 Å². The second-order valence-corrected chi connectivity index (χ2v) is 9.29. The highest BCUT2D eigenvalue weighted by Crippen LogP contribution is 2.28. The van der Waals surface area contributed by atoms with Gasteiger partial charge < -0.3 is 14.2 Å². The van der Waals surface area contributed by atoms with Gasteiger partial charge in [0.1, 0.15) is 18.0 Å². The standard InChI is InChI=1S/C26H35NO4/c1-19-7-6-8-21(15-19)18-30-22-9-10-23(20(2)16-22)24-17-27(13-14-29-24)12-11-25(28)31-26(3,4)5/h6-10,15-16,24H,11-14,17-18H2,1-5H3. The summed E-state index contributed by atoms with van der Waals surface area (Å²) in [6, 6.07) is 14.6. The van der Waals surface area contributed by atoms with Gasteiger partial charge in [0.2, 0.25) is 0 Å². The minimum Gasteiger partial charge on any atom is -0.489 e. The summed E-state index contributed by atoms with van der Waals surface area (Å²) in [7, 11) is 0. The molecule has 1 aliphatic rings. The molecule has 1 unspecified atom stereocenters. The van der Waals surface area contributed by atoms with E-state index in [1.807, 2.05) is 26.8 Å². The Morgan fingerprint density at radius 2 is 1.97 bits per heavy atom. The first kappa shape index (κ1) is 23.3. The average molecular weight is 426 g/mol. The molecular formula is C26H35NO4. The summed E-state index contributed by atoms with van der Waals surface area (Å²) in [4.78, 5) is 14.3. The normalized spacial score (nSPS) is 17.4. The maximum atomic E-state index is 12.0. The molecule has 2 aromatic rings. The Bertz CT molecular complexity index is 887. The van der Waals surface area contributed by atoms with Crippen LogP contribution in [0.4, 0.5) is 0 Å². The summed E-state index contributed by atoms with van der Waals surface area (Å²) in [5, 5.41) is 0. The summed E-state index contributed by atoms with van der Waals surface area (Å²) < 4.78 is 17.5. The molecule has 1 aliphatic heterocycles. The lowest BCUT2D eigenvalue weighted by molar-refractivity contribution is -0.155. The highest BCUT2D eigenvalue weighted by Gasteiger charge is 2.24. The van der Waals surface area contributed by atoms with E-state index in [0.717, 1.165) is 30.0 Å².